The van der Waals surface area contributed by atoms with Crippen molar-refractivity contribution in [2.24, 2.45) is 0 Å². The highest BCUT2D eigenvalue weighted by Gasteiger charge is 2.21. The standard InChI is InChI=1S/C16H15FN2O/c17-13-7-5-12(6-8-13)11-19-15-4-2-1-3-14(15)18-10-9-16(19)20/h1-8,18H,9-11H2. The molecule has 20 heavy (non-hydrogen) atoms. The Balaban J connectivity index is 1.94. The van der Waals surface area contributed by atoms with Crippen LogP contribution in [0.2, 0.25) is 0 Å². The van der Waals surface area contributed by atoms with Crippen molar-refractivity contribution >= 4 is 17.3 Å². The first kappa shape index (κ1) is 12.7. The Morgan fingerprint density at radius 1 is 1.10 bits per heavy atom. The third kappa shape index (κ3) is 2.50. The zero-order chi connectivity index (χ0) is 13.9. The molecule has 1 N–H and O–H groups in total. The second-order valence-corrected chi connectivity index (χ2v) is 4.80. The van der Waals surface area contributed by atoms with Gasteiger partial charge in [-0.1, -0.05) is 24.3 Å². The zero-order valence-electron chi connectivity index (χ0n) is 11.0. The number of halogens is 1. The highest BCUT2D eigenvalue weighted by atomic mass is 19.1. The molecule has 102 valence electrons. The summed E-state index contributed by atoms with van der Waals surface area (Å²) in [5, 5.41) is 3.26. The minimum Gasteiger partial charge on any atom is -0.383 e. The predicted molar refractivity (Wildman–Crippen MR) is 77.1 cm³/mol. The molecule has 0 bridgehead atoms. The summed E-state index contributed by atoms with van der Waals surface area (Å²) in [4.78, 5) is 14.0. The number of para-hydroxylation sites is 2. The molecule has 4 heteroatoms. The average Bonchev–Trinajstić information content (AvgIpc) is 2.62. The van der Waals surface area contributed by atoms with E-state index in [9.17, 15) is 9.18 Å². The Morgan fingerprint density at radius 3 is 2.65 bits per heavy atom. The van der Waals surface area contributed by atoms with E-state index in [1.54, 1.807) is 17.0 Å². The first-order chi connectivity index (χ1) is 9.74. The maximum Gasteiger partial charge on any atom is 0.229 e. The van der Waals surface area contributed by atoms with Crippen LogP contribution in [0.1, 0.15) is 12.0 Å². The molecule has 2 aromatic carbocycles. The van der Waals surface area contributed by atoms with E-state index < -0.39 is 0 Å². The van der Waals surface area contributed by atoms with Crippen LogP contribution in [0.15, 0.2) is 48.5 Å². The first-order valence-corrected chi connectivity index (χ1v) is 6.62. The summed E-state index contributed by atoms with van der Waals surface area (Å²) in [5.74, 6) is -0.190. The Bertz CT molecular complexity index is 625. The topological polar surface area (TPSA) is 32.3 Å². The molecule has 1 aliphatic rings. The fourth-order valence-electron chi connectivity index (χ4n) is 2.38. The number of fused-ring (bicyclic) bond motifs is 1. The van der Waals surface area contributed by atoms with Crippen molar-refractivity contribution in [2.75, 3.05) is 16.8 Å². The molecule has 0 fully saturated rings. The van der Waals surface area contributed by atoms with Crippen molar-refractivity contribution in [1.82, 2.24) is 0 Å². The zero-order valence-corrected chi connectivity index (χ0v) is 11.0. The van der Waals surface area contributed by atoms with Crippen LogP contribution in [0.3, 0.4) is 0 Å². The monoisotopic (exact) mass is 270 g/mol. The van der Waals surface area contributed by atoms with E-state index >= 15 is 0 Å². The first-order valence-electron chi connectivity index (χ1n) is 6.62. The van der Waals surface area contributed by atoms with E-state index in [-0.39, 0.29) is 11.7 Å². The number of nitrogens with zero attached hydrogens (tertiary/aromatic N) is 1. The summed E-state index contributed by atoms with van der Waals surface area (Å²) in [6.07, 6.45) is 0.454. The van der Waals surface area contributed by atoms with Gasteiger partial charge in [0.15, 0.2) is 0 Å². The van der Waals surface area contributed by atoms with Crippen LogP contribution in [0, 0.1) is 5.82 Å². The molecule has 1 aliphatic heterocycles. The third-order valence-electron chi connectivity index (χ3n) is 3.40. The van der Waals surface area contributed by atoms with Crippen LogP contribution in [0.25, 0.3) is 0 Å². The molecule has 0 unspecified atom stereocenters. The lowest BCUT2D eigenvalue weighted by Crippen LogP contribution is -2.29. The number of hydrogen-bond donors (Lipinski definition) is 1. The smallest absolute Gasteiger partial charge is 0.229 e. The summed E-state index contributed by atoms with van der Waals surface area (Å²) in [5.41, 5.74) is 2.75. The molecular weight excluding hydrogens is 255 g/mol. The van der Waals surface area contributed by atoms with Gasteiger partial charge < -0.3 is 10.2 Å². The van der Waals surface area contributed by atoms with Crippen molar-refractivity contribution in [3.63, 3.8) is 0 Å². The van der Waals surface area contributed by atoms with Gasteiger partial charge in [-0.3, -0.25) is 4.79 Å². The molecule has 1 heterocycles. The number of nitrogens with one attached hydrogen (secondary N) is 1. The van der Waals surface area contributed by atoms with Gasteiger partial charge in [0.1, 0.15) is 5.82 Å². The molecule has 0 saturated carbocycles. The average molecular weight is 270 g/mol. The molecule has 3 rings (SSSR count). The van der Waals surface area contributed by atoms with Crippen LogP contribution < -0.4 is 10.2 Å². The van der Waals surface area contributed by atoms with E-state index in [2.05, 4.69) is 5.32 Å². The molecular formula is C16H15FN2O. The molecule has 0 spiro atoms. The van der Waals surface area contributed by atoms with Crippen LogP contribution in [0.4, 0.5) is 15.8 Å². The van der Waals surface area contributed by atoms with Crippen LogP contribution >= 0.6 is 0 Å². The van der Waals surface area contributed by atoms with E-state index in [1.165, 1.54) is 12.1 Å². The molecule has 2 aromatic rings. The van der Waals surface area contributed by atoms with Crippen molar-refractivity contribution in [3.8, 4) is 0 Å². The number of hydrogen-bond acceptors (Lipinski definition) is 2. The molecule has 0 saturated heterocycles. The number of carbonyl (C=O) groups excluding carboxylic acids is 1. The number of amides is 1. The fraction of sp³-hybridized carbons (Fsp3) is 0.188. The second kappa shape index (κ2) is 5.33. The van der Waals surface area contributed by atoms with Gasteiger partial charge in [0.2, 0.25) is 5.91 Å². The van der Waals surface area contributed by atoms with Crippen LogP contribution in [-0.2, 0) is 11.3 Å². The molecule has 1 amide bonds. The quantitative estimate of drug-likeness (QED) is 0.909. The number of carbonyl (C=O) groups is 1. The lowest BCUT2D eigenvalue weighted by molar-refractivity contribution is -0.118. The van der Waals surface area contributed by atoms with Gasteiger partial charge in [-0.2, -0.15) is 0 Å². The van der Waals surface area contributed by atoms with Gasteiger partial charge in [-0.25, -0.2) is 4.39 Å². The Kier molecular flexibility index (Phi) is 3.37. The third-order valence-corrected chi connectivity index (χ3v) is 3.40. The fourth-order valence-corrected chi connectivity index (χ4v) is 2.38. The summed E-state index contributed by atoms with van der Waals surface area (Å²) in [6, 6.07) is 14.0. The minimum atomic E-state index is -0.266. The second-order valence-electron chi connectivity index (χ2n) is 4.80. The summed E-state index contributed by atoms with van der Waals surface area (Å²) < 4.78 is 13.0. The summed E-state index contributed by atoms with van der Waals surface area (Å²) >= 11 is 0. The SMILES string of the molecule is O=C1CCNc2ccccc2N1Cc1ccc(F)cc1. The van der Waals surface area contributed by atoms with Gasteiger partial charge in [-0.15, -0.1) is 0 Å². The lowest BCUT2D eigenvalue weighted by atomic mass is 10.1. The largest absolute Gasteiger partial charge is 0.383 e. The Labute approximate surface area is 117 Å². The molecule has 0 aromatic heterocycles. The van der Waals surface area contributed by atoms with Gasteiger partial charge in [0, 0.05) is 13.0 Å². The Morgan fingerprint density at radius 2 is 1.85 bits per heavy atom. The van der Waals surface area contributed by atoms with E-state index in [4.69, 9.17) is 0 Å². The maximum atomic E-state index is 13.0. The minimum absolute atomic E-state index is 0.0757. The highest BCUT2D eigenvalue weighted by Crippen LogP contribution is 2.29. The van der Waals surface area contributed by atoms with Crippen molar-refractivity contribution in [2.45, 2.75) is 13.0 Å². The normalized spacial score (nSPS) is 14.4. The van der Waals surface area contributed by atoms with E-state index in [0.717, 1.165) is 16.9 Å². The van der Waals surface area contributed by atoms with E-state index in [1.807, 2.05) is 24.3 Å². The van der Waals surface area contributed by atoms with Crippen LogP contribution in [0.5, 0.6) is 0 Å². The summed E-state index contributed by atoms with van der Waals surface area (Å²) in [6.45, 7) is 1.09. The van der Waals surface area contributed by atoms with Gasteiger partial charge in [0.05, 0.1) is 17.9 Å². The molecule has 0 atom stereocenters. The van der Waals surface area contributed by atoms with Gasteiger partial charge >= 0.3 is 0 Å². The van der Waals surface area contributed by atoms with Crippen molar-refractivity contribution in [3.05, 3.63) is 59.9 Å². The van der Waals surface area contributed by atoms with E-state index in [0.29, 0.717) is 19.5 Å². The Hall–Kier alpha value is -2.36. The maximum absolute atomic E-state index is 13.0. The number of anilines is 2. The molecule has 0 aliphatic carbocycles. The van der Waals surface area contributed by atoms with Crippen molar-refractivity contribution in [1.29, 1.82) is 0 Å². The molecule has 0 radical (unpaired) electrons. The number of benzene rings is 2. The predicted octanol–water partition coefficient (Wildman–Crippen LogP) is 3.17. The lowest BCUT2D eigenvalue weighted by Gasteiger charge is -2.22. The number of rotatable bonds is 2. The van der Waals surface area contributed by atoms with Crippen molar-refractivity contribution < 1.29 is 9.18 Å². The van der Waals surface area contributed by atoms with Gasteiger partial charge in [-0.05, 0) is 29.8 Å². The molecule has 3 nitrogen and oxygen atoms in total. The van der Waals surface area contributed by atoms with Gasteiger partial charge in [0.25, 0.3) is 0 Å². The highest BCUT2D eigenvalue weighted by molar-refractivity contribution is 5.98. The summed E-state index contributed by atoms with van der Waals surface area (Å²) in [7, 11) is 0. The van der Waals surface area contributed by atoms with Crippen LogP contribution in [-0.4, -0.2) is 12.5 Å².